The van der Waals surface area contributed by atoms with Gasteiger partial charge in [-0.1, -0.05) is 32.1 Å². The van der Waals surface area contributed by atoms with Gasteiger partial charge in [-0.3, -0.25) is 0 Å². The minimum Gasteiger partial charge on any atom is -0.381 e. The lowest BCUT2D eigenvalue weighted by Gasteiger charge is -2.36. The Morgan fingerprint density at radius 1 is 1.17 bits per heavy atom. The molecule has 0 aromatic rings. The summed E-state index contributed by atoms with van der Waals surface area (Å²) in [5.41, 5.74) is -0.213. The van der Waals surface area contributed by atoms with Crippen LogP contribution < -0.4 is 5.14 Å². The minimum atomic E-state index is -3.40. The molecule has 4 nitrogen and oxygen atoms in total. The SMILES string of the molecule is NS(=O)(=O)CC1(COCCC2CC2)CCCCC1. The van der Waals surface area contributed by atoms with Gasteiger partial charge in [0.2, 0.25) is 10.0 Å². The van der Waals surface area contributed by atoms with Gasteiger partial charge in [-0.05, 0) is 25.2 Å². The lowest BCUT2D eigenvalue weighted by Crippen LogP contribution is -2.39. The van der Waals surface area contributed by atoms with Crippen molar-refractivity contribution in [1.29, 1.82) is 0 Å². The second kappa shape index (κ2) is 5.88. The lowest BCUT2D eigenvalue weighted by atomic mass is 9.76. The van der Waals surface area contributed by atoms with Crippen molar-refractivity contribution in [2.24, 2.45) is 16.5 Å². The highest BCUT2D eigenvalue weighted by molar-refractivity contribution is 7.89. The second-order valence-electron chi connectivity index (χ2n) is 6.15. The van der Waals surface area contributed by atoms with Gasteiger partial charge in [0, 0.05) is 12.0 Å². The van der Waals surface area contributed by atoms with E-state index in [1.807, 2.05) is 0 Å². The fraction of sp³-hybridized carbons (Fsp3) is 1.00. The molecule has 0 aliphatic heterocycles. The maximum absolute atomic E-state index is 11.4. The summed E-state index contributed by atoms with van der Waals surface area (Å²) in [6.07, 6.45) is 9.08. The number of ether oxygens (including phenoxy) is 1. The van der Waals surface area contributed by atoms with Crippen LogP contribution >= 0.6 is 0 Å². The molecule has 0 saturated heterocycles. The summed E-state index contributed by atoms with van der Waals surface area (Å²) >= 11 is 0. The summed E-state index contributed by atoms with van der Waals surface area (Å²) < 4.78 is 28.5. The van der Waals surface area contributed by atoms with Crippen molar-refractivity contribution in [3.05, 3.63) is 0 Å². The van der Waals surface area contributed by atoms with Crippen LogP contribution in [0.15, 0.2) is 0 Å². The highest BCUT2D eigenvalue weighted by Gasteiger charge is 2.36. The zero-order valence-corrected chi connectivity index (χ0v) is 11.9. The molecule has 2 fully saturated rings. The number of rotatable bonds is 7. The Morgan fingerprint density at radius 2 is 1.83 bits per heavy atom. The summed E-state index contributed by atoms with van der Waals surface area (Å²) in [6, 6.07) is 0. The largest absolute Gasteiger partial charge is 0.381 e. The highest BCUT2D eigenvalue weighted by Crippen LogP contribution is 2.38. The van der Waals surface area contributed by atoms with E-state index >= 15 is 0 Å². The van der Waals surface area contributed by atoms with Crippen molar-refractivity contribution in [2.45, 2.75) is 51.4 Å². The fourth-order valence-electron chi connectivity index (χ4n) is 3.00. The number of hydrogen-bond acceptors (Lipinski definition) is 3. The smallest absolute Gasteiger partial charge is 0.209 e. The first-order valence-corrected chi connectivity index (χ1v) is 8.79. The van der Waals surface area contributed by atoms with E-state index in [1.165, 1.54) is 19.3 Å². The molecule has 0 bridgehead atoms. The van der Waals surface area contributed by atoms with E-state index in [9.17, 15) is 8.42 Å². The van der Waals surface area contributed by atoms with E-state index in [1.54, 1.807) is 0 Å². The van der Waals surface area contributed by atoms with Gasteiger partial charge in [-0.2, -0.15) is 0 Å². The van der Waals surface area contributed by atoms with Gasteiger partial charge in [-0.25, -0.2) is 13.6 Å². The van der Waals surface area contributed by atoms with Gasteiger partial charge in [0.25, 0.3) is 0 Å². The molecule has 18 heavy (non-hydrogen) atoms. The monoisotopic (exact) mass is 275 g/mol. The minimum absolute atomic E-state index is 0.0867. The molecule has 2 aliphatic carbocycles. The summed E-state index contributed by atoms with van der Waals surface area (Å²) in [5.74, 6) is 0.953. The molecule has 5 heteroatoms. The van der Waals surface area contributed by atoms with Crippen LogP contribution in [0, 0.1) is 11.3 Å². The average molecular weight is 275 g/mol. The van der Waals surface area contributed by atoms with Crippen LogP contribution in [0.5, 0.6) is 0 Å². The quantitative estimate of drug-likeness (QED) is 0.723. The Hall–Kier alpha value is -0.130. The summed E-state index contributed by atoms with van der Waals surface area (Å²) in [6.45, 7) is 1.34. The Morgan fingerprint density at radius 3 is 2.39 bits per heavy atom. The topological polar surface area (TPSA) is 69.4 Å². The number of sulfonamides is 1. The van der Waals surface area contributed by atoms with E-state index in [0.717, 1.165) is 44.6 Å². The molecule has 0 spiro atoms. The van der Waals surface area contributed by atoms with Crippen LogP contribution in [-0.4, -0.2) is 27.4 Å². The van der Waals surface area contributed by atoms with Gasteiger partial charge in [0.05, 0.1) is 12.4 Å². The van der Waals surface area contributed by atoms with Crippen LogP contribution in [0.25, 0.3) is 0 Å². The van der Waals surface area contributed by atoms with Crippen LogP contribution in [0.1, 0.15) is 51.4 Å². The van der Waals surface area contributed by atoms with E-state index < -0.39 is 10.0 Å². The third kappa shape index (κ3) is 4.86. The molecular formula is C13H25NO3S. The Kier molecular flexibility index (Phi) is 4.67. The van der Waals surface area contributed by atoms with Crippen molar-refractivity contribution in [3.8, 4) is 0 Å². The zero-order chi connectivity index (χ0) is 13.1. The predicted octanol–water partition coefficient (Wildman–Crippen LogP) is 2.04. The van der Waals surface area contributed by atoms with Gasteiger partial charge in [-0.15, -0.1) is 0 Å². The van der Waals surface area contributed by atoms with E-state index in [-0.39, 0.29) is 11.2 Å². The molecule has 0 atom stereocenters. The molecule has 0 aromatic carbocycles. The summed E-state index contributed by atoms with van der Waals surface area (Å²) in [4.78, 5) is 0. The van der Waals surface area contributed by atoms with Gasteiger partial charge in [0.1, 0.15) is 0 Å². The van der Waals surface area contributed by atoms with Crippen molar-refractivity contribution in [1.82, 2.24) is 0 Å². The van der Waals surface area contributed by atoms with Crippen LogP contribution in [-0.2, 0) is 14.8 Å². The molecule has 0 radical (unpaired) electrons. The molecule has 0 aromatic heterocycles. The molecule has 2 aliphatic rings. The number of primary sulfonamides is 1. The lowest BCUT2D eigenvalue weighted by molar-refractivity contribution is 0.0306. The third-order valence-corrected chi connectivity index (χ3v) is 5.21. The van der Waals surface area contributed by atoms with Crippen LogP contribution in [0.3, 0.4) is 0 Å². The molecular weight excluding hydrogens is 250 g/mol. The Balaban J connectivity index is 1.82. The maximum atomic E-state index is 11.4. The third-order valence-electron chi connectivity index (χ3n) is 4.20. The predicted molar refractivity (Wildman–Crippen MR) is 71.7 cm³/mol. The molecule has 0 heterocycles. The molecule has 0 unspecified atom stereocenters. The van der Waals surface area contributed by atoms with Crippen molar-refractivity contribution >= 4 is 10.0 Å². The zero-order valence-electron chi connectivity index (χ0n) is 11.1. The molecule has 2 N–H and O–H groups in total. The van der Waals surface area contributed by atoms with Crippen molar-refractivity contribution in [2.75, 3.05) is 19.0 Å². The number of hydrogen-bond donors (Lipinski definition) is 1. The van der Waals surface area contributed by atoms with E-state index in [2.05, 4.69) is 0 Å². The first-order chi connectivity index (χ1) is 8.49. The first-order valence-electron chi connectivity index (χ1n) is 7.07. The fourth-order valence-corrected chi connectivity index (χ4v) is 4.23. The Labute approximate surface area is 110 Å². The van der Waals surface area contributed by atoms with Gasteiger partial charge < -0.3 is 4.74 Å². The molecule has 0 amide bonds. The normalized spacial score (nSPS) is 24.1. The summed E-state index contributed by atoms with van der Waals surface area (Å²) in [7, 11) is -3.40. The van der Waals surface area contributed by atoms with Crippen LogP contribution in [0.2, 0.25) is 0 Å². The van der Waals surface area contributed by atoms with E-state index in [4.69, 9.17) is 9.88 Å². The standard InChI is InChI=1S/C13H25NO3S/c14-18(15,16)11-13(7-2-1-3-8-13)10-17-9-6-12-4-5-12/h12H,1-11H2,(H2,14,15,16). The molecule has 106 valence electrons. The number of nitrogens with two attached hydrogens (primary N) is 1. The van der Waals surface area contributed by atoms with Gasteiger partial charge >= 0.3 is 0 Å². The molecule has 2 rings (SSSR count). The van der Waals surface area contributed by atoms with Crippen molar-refractivity contribution in [3.63, 3.8) is 0 Å². The highest BCUT2D eigenvalue weighted by atomic mass is 32.2. The maximum Gasteiger partial charge on any atom is 0.209 e. The Bertz CT molecular complexity index is 356. The average Bonchev–Trinajstić information content (AvgIpc) is 3.07. The summed E-state index contributed by atoms with van der Waals surface area (Å²) in [5, 5.41) is 5.23. The van der Waals surface area contributed by atoms with E-state index in [0.29, 0.717) is 6.61 Å². The van der Waals surface area contributed by atoms with Crippen LogP contribution in [0.4, 0.5) is 0 Å². The molecule has 2 saturated carbocycles. The first kappa shape index (κ1) is 14.3. The van der Waals surface area contributed by atoms with Crippen molar-refractivity contribution < 1.29 is 13.2 Å². The second-order valence-corrected chi connectivity index (χ2v) is 7.77. The van der Waals surface area contributed by atoms with Gasteiger partial charge in [0.15, 0.2) is 0 Å².